The van der Waals surface area contributed by atoms with Gasteiger partial charge in [0, 0.05) is 25.8 Å². The summed E-state index contributed by atoms with van der Waals surface area (Å²) in [6.07, 6.45) is 7.52. The number of nitrogens with zero attached hydrogens (tertiary/aromatic N) is 3. The molecule has 0 aromatic carbocycles. The molecule has 17 heavy (non-hydrogen) atoms. The second kappa shape index (κ2) is 5.17. The van der Waals surface area contributed by atoms with Crippen molar-refractivity contribution in [1.82, 2.24) is 14.7 Å². The van der Waals surface area contributed by atoms with E-state index in [0.29, 0.717) is 5.92 Å². The van der Waals surface area contributed by atoms with Crippen molar-refractivity contribution in [3.8, 4) is 0 Å². The summed E-state index contributed by atoms with van der Waals surface area (Å²) < 4.78 is 1.95. The van der Waals surface area contributed by atoms with Crippen molar-refractivity contribution < 1.29 is 4.79 Å². The number of carbonyl (C=O) groups is 1. The van der Waals surface area contributed by atoms with Gasteiger partial charge in [0.15, 0.2) is 0 Å². The summed E-state index contributed by atoms with van der Waals surface area (Å²) >= 11 is 0. The first-order valence-electron chi connectivity index (χ1n) is 6.18. The normalized spacial score (nSPS) is 17.1. The maximum atomic E-state index is 11.5. The van der Waals surface area contributed by atoms with E-state index in [1.165, 1.54) is 11.6 Å². The zero-order valence-electron chi connectivity index (χ0n) is 10.3. The van der Waals surface area contributed by atoms with Crippen LogP contribution in [0.5, 0.6) is 0 Å². The molecule has 0 spiro atoms. The van der Waals surface area contributed by atoms with Crippen LogP contribution in [0.2, 0.25) is 0 Å². The van der Waals surface area contributed by atoms with Crippen molar-refractivity contribution in [1.29, 1.82) is 0 Å². The molecule has 1 fully saturated rings. The highest BCUT2D eigenvalue weighted by molar-refractivity contribution is 5.87. The lowest BCUT2D eigenvalue weighted by molar-refractivity contribution is -0.127. The number of aryl methyl sites for hydroxylation is 1. The minimum absolute atomic E-state index is 0.0488. The van der Waals surface area contributed by atoms with Crippen molar-refractivity contribution in [2.75, 3.05) is 13.1 Å². The van der Waals surface area contributed by atoms with Gasteiger partial charge in [-0.05, 0) is 37.3 Å². The van der Waals surface area contributed by atoms with Crippen molar-refractivity contribution in [3.05, 3.63) is 30.6 Å². The van der Waals surface area contributed by atoms with E-state index < -0.39 is 0 Å². The minimum Gasteiger partial charge on any atom is -0.339 e. The summed E-state index contributed by atoms with van der Waals surface area (Å²) in [6.45, 7) is 8.17. The van der Waals surface area contributed by atoms with Gasteiger partial charge in [0.1, 0.15) is 0 Å². The van der Waals surface area contributed by atoms with Gasteiger partial charge in [0.2, 0.25) is 5.91 Å². The molecule has 1 aromatic heterocycles. The van der Waals surface area contributed by atoms with Crippen LogP contribution in [0.1, 0.15) is 31.2 Å². The average Bonchev–Trinajstić information content (AvgIpc) is 2.87. The van der Waals surface area contributed by atoms with Crippen LogP contribution in [0.4, 0.5) is 0 Å². The molecule has 1 aliphatic heterocycles. The molecule has 92 valence electrons. The first-order valence-corrected chi connectivity index (χ1v) is 6.18. The predicted octanol–water partition coefficient (Wildman–Crippen LogP) is 1.79. The van der Waals surface area contributed by atoms with E-state index in [0.717, 1.165) is 32.5 Å². The maximum Gasteiger partial charge on any atom is 0.245 e. The lowest BCUT2D eigenvalue weighted by Crippen LogP contribution is -2.36. The fraction of sp³-hybridized carbons (Fsp3) is 0.538. The molecule has 0 saturated carbocycles. The highest BCUT2D eigenvalue weighted by Crippen LogP contribution is 2.27. The molecule has 2 heterocycles. The number of rotatable bonds is 3. The summed E-state index contributed by atoms with van der Waals surface area (Å²) in [4.78, 5) is 13.3. The molecule has 1 amide bonds. The first kappa shape index (κ1) is 11.9. The van der Waals surface area contributed by atoms with Gasteiger partial charge >= 0.3 is 0 Å². The number of likely N-dealkylation sites (tertiary alicyclic amines) is 1. The molecule has 1 aromatic rings. The Morgan fingerprint density at radius 2 is 2.29 bits per heavy atom. The summed E-state index contributed by atoms with van der Waals surface area (Å²) in [5.74, 6) is 0.594. The summed E-state index contributed by atoms with van der Waals surface area (Å²) in [6, 6.07) is 0. The first-order chi connectivity index (χ1) is 8.24. The van der Waals surface area contributed by atoms with Gasteiger partial charge in [0.05, 0.1) is 6.20 Å². The van der Waals surface area contributed by atoms with Gasteiger partial charge < -0.3 is 4.90 Å². The van der Waals surface area contributed by atoms with Crippen molar-refractivity contribution in [2.24, 2.45) is 0 Å². The highest BCUT2D eigenvalue weighted by Gasteiger charge is 2.23. The van der Waals surface area contributed by atoms with Crippen LogP contribution in [-0.2, 0) is 11.3 Å². The fourth-order valence-corrected chi connectivity index (χ4v) is 2.33. The van der Waals surface area contributed by atoms with E-state index in [1.54, 1.807) is 0 Å². The van der Waals surface area contributed by atoms with E-state index in [4.69, 9.17) is 0 Å². The quantitative estimate of drug-likeness (QED) is 0.747. The van der Waals surface area contributed by atoms with Gasteiger partial charge in [-0.3, -0.25) is 9.48 Å². The van der Waals surface area contributed by atoms with E-state index >= 15 is 0 Å². The zero-order chi connectivity index (χ0) is 12.3. The monoisotopic (exact) mass is 233 g/mol. The van der Waals surface area contributed by atoms with E-state index in [2.05, 4.69) is 24.8 Å². The number of aromatic nitrogens is 2. The second-order valence-electron chi connectivity index (χ2n) is 4.43. The Bertz CT molecular complexity index is 403. The fourth-order valence-electron chi connectivity index (χ4n) is 2.33. The SMILES string of the molecule is C=CC(=O)N1CCC(c2cnn(CC)c2)CC1. The van der Waals surface area contributed by atoms with Crippen LogP contribution in [0, 0.1) is 0 Å². The molecule has 4 nitrogen and oxygen atoms in total. The standard InChI is InChI=1S/C13H19N3O/c1-3-13(17)15-7-5-11(6-8-15)12-9-14-16(4-2)10-12/h3,9-11H,1,4-8H2,2H3. The van der Waals surface area contributed by atoms with Gasteiger partial charge in [-0.25, -0.2) is 0 Å². The van der Waals surface area contributed by atoms with E-state index in [9.17, 15) is 4.79 Å². The van der Waals surface area contributed by atoms with Crippen LogP contribution >= 0.6 is 0 Å². The van der Waals surface area contributed by atoms with E-state index in [1.807, 2.05) is 15.8 Å². The summed E-state index contributed by atoms with van der Waals surface area (Å²) in [5, 5.41) is 4.30. The zero-order valence-corrected chi connectivity index (χ0v) is 10.3. The van der Waals surface area contributed by atoms with Gasteiger partial charge in [0.25, 0.3) is 0 Å². The largest absolute Gasteiger partial charge is 0.339 e. The molecule has 0 atom stereocenters. The van der Waals surface area contributed by atoms with Crippen LogP contribution in [-0.4, -0.2) is 33.7 Å². The number of piperidine rings is 1. The lowest BCUT2D eigenvalue weighted by Gasteiger charge is -2.30. The molecule has 2 rings (SSSR count). The summed E-state index contributed by atoms with van der Waals surface area (Å²) in [5.41, 5.74) is 1.30. The molecular formula is C13H19N3O. The van der Waals surface area contributed by atoms with Crippen LogP contribution < -0.4 is 0 Å². The predicted molar refractivity (Wildman–Crippen MR) is 66.7 cm³/mol. The molecule has 0 aliphatic carbocycles. The number of hydrogen-bond acceptors (Lipinski definition) is 2. The molecular weight excluding hydrogens is 214 g/mol. The molecule has 1 aliphatic rings. The minimum atomic E-state index is 0.0488. The molecule has 4 heteroatoms. The molecule has 0 bridgehead atoms. The maximum absolute atomic E-state index is 11.5. The topological polar surface area (TPSA) is 38.1 Å². The van der Waals surface area contributed by atoms with Crippen LogP contribution in [0.3, 0.4) is 0 Å². The molecule has 0 radical (unpaired) electrons. The highest BCUT2D eigenvalue weighted by atomic mass is 16.2. The van der Waals surface area contributed by atoms with Gasteiger partial charge in [-0.1, -0.05) is 6.58 Å². The third-order valence-corrected chi connectivity index (χ3v) is 3.43. The lowest BCUT2D eigenvalue weighted by atomic mass is 9.91. The van der Waals surface area contributed by atoms with E-state index in [-0.39, 0.29) is 5.91 Å². The Labute approximate surface area is 102 Å². The molecule has 0 N–H and O–H groups in total. The van der Waals surface area contributed by atoms with Crippen LogP contribution in [0.15, 0.2) is 25.0 Å². The Morgan fingerprint density at radius 3 is 2.82 bits per heavy atom. The number of hydrogen-bond donors (Lipinski definition) is 0. The van der Waals surface area contributed by atoms with Crippen molar-refractivity contribution >= 4 is 5.91 Å². The number of amides is 1. The Hall–Kier alpha value is -1.58. The second-order valence-corrected chi connectivity index (χ2v) is 4.43. The Balaban J connectivity index is 1.94. The van der Waals surface area contributed by atoms with Gasteiger partial charge in [-0.15, -0.1) is 0 Å². The van der Waals surface area contributed by atoms with Crippen LogP contribution in [0.25, 0.3) is 0 Å². The summed E-state index contributed by atoms with van der Waals surface area (Å²) in [7, 11) is 0. The van der Waals surface area contributed by atoms with Crippen molar-refractivity contribution in [3.63, 3.8) is 0 Å². The molecule has 0 unspecified atom stereocenters. The third-order valence-electron chi connectivity index (χ3n) is 3.43. The smallest absolute Gasteiger partial charge is 0.245 e. The van der Waals surface area contributed by atoms with Gasteiger partial charge in [-0.2, -0.15) is 5.10 Å². The average molecular weight is 233 g/mol. The third kappa shape index (κ3) is 2.57. The van der Waals surface area contributed by atoms with Crippen molar-refractivity contribution in [2.45, 2.75) is 32.2 Å². The molecule has 1 saturated heterocycles. The Morgan fingerprint density at radius 1 is 1.59 bits per heavy atom. The number of carbonyl (C=O) groups excluding carboxylic acids is 1. The Kier molecular flexibility index (Phi) is 3.61.